The van der Waals surface area contributed by atoms with E-state index in [0.29, 0.717) is 31.7 Å². The highest BCUT2D eigenvalue weighted by atomic mass is 16.6. The molecule has 0 amide bonds. The van der Waals surface area contributed by atoms with Crippen molar-refractivity contribution in [1.82, 2.24) is 4.90 Å². The number of Topliss-reactive ketones (excluding diaryl/α,β-unsaturated/α-hetero) is 1. The summed E-state index contributed by atoms with van der Waals surface area (Å²) in [6.45, 7) is 9.12. The number of likely N-dealkylation sites (N-methyl/N-ethyl adjacent to an activating group) is 1. The molecule has 0 aromatic heterocycles. The average Bonchev–Trinajstić information content (AvgIpc) is 2.73. The molecule has 1 aliphatic rings. The Hall–Kier alpha value is -1.55. The van der Waals surface area contributed by atoms with Crippen LogP contribution in [0.5, 0.6) is 0 Å². The maximum absolute atomic E-state index is 12.5. The van der Waals surface area contributed by atoms with E-state index in [9.17, 15) is 19.8 Å². The number of aliphatic hydroxyl groups excluding tert-OH is 1. The SMILES string of the molecule is CO[C@@]1(C)CCC(=O)C(C)C(=O)OC[C@@](C)(O)C(O)C(C)/C(=N/OCCN(C)C)[C@H](C)C1. The normalized spacial score (nSPS) is 37.3. The molecular formula is C23H42N2O7. The standard InChI is InChI=1S/C23H42N2O7/c1-15-13-22(4,30-8)10-9-18(26)16(2)21(28)31-14-23(5,29)20(27)17(3)19(15)24-32-12-11-25(6)7/h15-17,20,27,29H,9-14H2,1-8H3/b24-19+/t15-,16?,17?,20?,22+,23-/m1/s1. The Bertz CT molecular complexity index is 651. The third kappa shape index (κ3) is 8.10. The zero-order chi connectivity index (χ0) is 24.7. The van der Waals surface area contributed by atoms with Crippen LogP contribution in [0.2, 0.25) is 0 Å². The van der Waals surface area contributed by atoms with Gasteiger partial charge < -0.3 is 29.4 Å². The zero-order valence-electron chi connectivity index (χ0n) is 20.9. The fraction of sp³-hybridized carbons (Fsp3) is 0.870. The van der Waals surface area contributed by atoms with Gasteiger partial charge in [-0.25, -0.2) is 0 Å². The Morgan fingerprint density at radius 3 is 2.41 bits per heavy atom. The summed E-state index contributed by atoms with van der Waals surface area (Å²) >= 11 is 0. The number of ketones is 1. The molecule has 0 aliphatic carbocycles. The summed E-state index contributed by atoms with van der Waals surface area (Å²) in [5, 5.41) is 26.1. The Balaban J connectivity index is 3.29. The van der Waals surface area contributed by atoms with E-state index >= 15 is 0 Å². The summed E-state index contributed by atoms with van der Waals surface area (Å²) in [5.41, 5.74) is -1.82. The van der Waals surface area contributed by atoms with Crippen LogP contribution in [0.25, 0.3) is 0 Å². The van der Waals surface area contributed by atoms with Crippen LogP contribution >= 0.6 is 0 Å². The average molecular weight is 459 g/mol. The summed E-state index contributed by atoms with van der Waals surface area (Å²) in [6.07, 6.45) is -0.178. The number of carbonyl (C=O) groups is 2. The lowest BCUT2D eigenvalue weighted by Crippen LogP contribution is -2.51. The number of oxime groups is 1. The van der Waals surface area contributed by atoms with Crippen LogP contribution in [0, 0.1) is 17.8 Å². The maximum atomic E-state index is 12.5. The minimum Gasteiger partial charge on any atom is -0.462 e. The highest BCUT2D eigenvalue weighted by molar-refractivity contribution is 5.98. The number of carbonyl (C=O) groups excluding carboxylic acids is 2. The van der Waals surface area contributed by atoms with Gasteiger partial charge >= 0.3 is 5.97 Å². The molecule has 0 spiro atoms. The smallest absolute Gasteiger partial charge is 0.316 e. The van der Waals surface area contributed by atoms with E-state index in [1.54, 1.807) is 14.0 Å². The summed E-state index contributed by atoms with van der Waals surface area (Å²) in [6, 6.07) is 0. The van der Waals surface area contributed by atoms with Gasteiger partial charge in [-0.3, -0.25) is 9.59 Å². The number of ether oxygens (including phenoxy) is 2. The van der Waals surface area contributed by atoms with Gasteiger partial charge in [0.1, 0.15) is 30.5 Å². The number of rotatable bonds is 5. The van der Waals surface area contributed by atoms with E-state index in [-0.39, 0.29) is 18.1 Å². The molecule has 0 aromatic carbocycles. The van der Waals surface area contributed by atoms with Crippen LogP contribution in [0.3, 0.4) is 0 Å². The zero-order valence-corrected chi connectivity index (χ0v) is 20.9. The molecule has 0 aromatic rings. The summed E-state index contributed by atoms with van der Waals surface area (Å²) in [7, 11) is 5.45. The van der Waals surface area contributed by atoms with Crippen LogP contribution in [-0.2, 0) is 23.9 Å². The van der Waals surface area contributed by atoms with E-state index in [2.05, 4.69) is 5.16 Å². The summed E-state index contributed by atoms with van der Waals surface area (Å²) in [4.78, 5) is 32.4. The fourth-order valence-corrected chi connectivity index (χ4v) is 3.87. The first kappa shape index (κ1) is 28.5. The van der Waals surface area contributed by atoms with Crippen LogP contribution in [-0.4, -0.2) is 90.8 Å². The first-order chi connectivity index (χ1) is 14.7. The Morgan fingerprint density at radius 1 is 1.22 bits per heavy atom. The van der Waals surface area contributed by atoms with E-state index in [4.69, 9.17) is 14.3 Å². The quantitative estimate of drug-likeness (QED) is 0.276. The molecule has 1 fully saturated rings. The van der Waals surface area contributed by atoms with Crippen molar-refractivity contribution in [2.24, 2.45) is 22.9 Å². The first-order valence-corrected chi connectivity index (χ1v) is 11.2. The molecule has 3 unspecified atom stereocenters. The molecule has 9 heteroatoms. The van der Waals surface area contributed by atoms with Gasteiger partial charge in [-0.1, -0.05) is 19.0 Å². The number of methoxy groups -OCH3 is 1. The van der Waals surface area contributed by atoms with Gasteiger partial charge in [0.25, 0.3) is 0 Å². The summed E-state index contributed by atoms with van der Waals surface area (Å²) in [5.74, 6) is -2.68. The first-order valence-electron chi connectivity index (χ1n) is 11.2. The second-order valence-corrected chi connectivity index (χ2v) is 9.80. The lowest BCUT2D eigenvalue weighted by molar-refractivity contribution is -0.165. The second kappa shape index (κ2) is 12.1. The van der Waals surface area contributed by atoms with Crippen LogP contribution < -0.4 is 0 Å². The number of esters is 1. The van der Waals surface area contributed by atoms with Gasteiger partial charge in [-0.2, -0.15) is 0 Å². The topological polar surface area (TPSA) is 118 Å². The number of cyclic esters (lactones) is 1. The Labute approximate surface area is 192 Å². The monoisotopic (exact) mass is 458 g/mol. The molecule has 1 heterocycles. The number of hydrogen-bond acceptors (Lipinski definition) is 9. The van der Waals surface area contributed by atoms with E-state index < -0.39 is 41.7 Å². The minimum absolute atomic E-state index is 0.160. The molecule has 0 bridgehead atoms. The van der Waals surface area contributed by atoms with E-state index in [1.165, 1.54) is 13.8 Å². The van der Waals surface area contributed by atoms with Crippen molar-refractivity contribution in [2.45, 2.75) is 71.2 Å². The van der Waals surface area contributed by atoms with E-state index in [1.807, 2.05) is 32.8 Å². The number of hydrogen-bond donors (Lipinski definition) is 2. The molecule has 0 radical (unpaired) electrons. The molecule has 186 valence electrons. The molecule has 6 atom stereocenters. The van der Waals surface area contributed by atoms with E-state index in [0.717, 1.165) is 0 Å². The molecule has 0 saturated carbocycles. The molecule has 1 rings (SSSR count). The Kier molecular flexibility index (Phi) is 10.7. The van der Waals surface area contributed by atoms with Crippen molar-refractivity contribution < 1.29 is 34.1 Å². The molecule has 2 N–H and O–H groups in total. The highest BCUT2D eigenvalue weighted by Crippen LogP contribution is 2.31. The lowest BCUT2D eigenvalue weighted by Gasteiger charge is -2.37. The highest BCUT2D eigenvalue weighted by Gasteiger charge is 2.41. The third-order valence-electron chi connectivity index (χ3n) is 6.36. The minimum atomic E-state index is -1.74. The van der Waals surface area contributed by atoms with Crippen molar-refractivity contribution in [3.05, 3.63) is 0 Å². The van der Waals surface area contributed by atoms with Gasteiger partial charge in [-0.15, -0.1) is 0 Å². The molecule has 1 aliphatic heterocycles. The Morgan fingerprint density at radius 2 is 1.84 bits per heavy atom. The summed E-state index contributed by atoms with van der Waals surface area (Å²) < 4.78 is 10.9. The number of nitrogens with zero attached hydrogens (tertiary/aromatic N) is 2. The van der Waals surface area contributed by atoms with Crippen molar-refractivity contribution >= 4 is 17.5 Å². The van der Waals surface area contributed by atoms with Crippen molar-refractivity contribution in [3.8, 4) is 0 Å². The van der Waals surface area contributed by atoms with Gasteiger partial charge in [0.15, 0.2) is 0 Å². The third-order valence-corrected chi connectivity index (χ3v) is 6.36. The van der Waals surface area contributed by atoms with Crippen LogP contribution in [0.1, 0.15) is 53.9 Å². The van der Waals surface area contributed by atoms with Crippen LogP contribution in [0.15, 0.2) is 5.16 Å². The van der Waals surface area contributed by atoms with Crippen LogP contribution in [0.4, 0.5) is 0 Å². The van der Waals surface area contributed by atoms with Gasteiger partial charge in [0.2, 0.25) is 0 Å². The largest absolute Gasteiger partial charge is 0.462 e. The molecule has 1 saturated heterocycles. The number of aliphatic hydroxyl groups is 2. The predicted molar refractivity (Wildman–Crippen MR) is 121 cm³/mol. The molecule has 9 nitrogen and oxygen atoms in total. The predicted octanol–water partition coefficient (Wildman–Crippen LogP) is 1.64. The van der Waals surface area contributed by atoms with Gasteiger partial charge in [0.05, 0.1) is 17.4 Å². The van der Waals surface area contributed by atoms with Crippen molar-refractivity contribution in [2.75, 3.05) is 41.0 Å². The van der Waals surface area contributed by atoms with Crippen molar-refractivity contribution in [1.29, 1.82) is 0 Å². The fourth-order valence-electron chi connectivity index (χ4n) is 3.87. The lowest BCUT2D eigenvalue weighted by atomic mass is 9.78. The van der Waals surface area contributed by atoms with Gasteiger partial charge in [0, 0.05) is 31.9 Å². The molecule has 32 heavy (non-hydrogen) atoms. The van der Waals surface area contributed by atoms with Gasteiger partial charge in [-0.05, 0) is 47.7 Å². The second-order valence-electron chi connectivity index (χ2n) is 9.80. The van der Waals surface area contributed by atoms with Crippen molar-refractivity contribution in [3.63, 3.8) is 0 Å². The maximum Gasteiger partial charge on any atom is 0.316 e. The molecular weight excluding hydrogens is 416 g/mol.